The van der Waals surface area contributed by atoms with Crippen molar-refractivity contribution in [2.75, 3.05) is 26.2 Å². The van der Waals surface area contributed by atoms with Gasteiger partial charge < -0.3 is 5.32 Å². The van der Waals surface area contributed by atoms with E-state index in [2.05, 4.69) is 36.1 Å². The van der Waals surface area contributed by atoms with Crippen molar-refractivity contribution in [3.8, 4) is 0 Å². The fraction of sp³-hybridized carbons (Fsp3) is 0.800. The average molecular weight is 264 g/mol. The molecule has 0 aliphatic carbocycles. The van der Waals surface area contributed by atoms with Gasteiger partial charge in [-0.3, -0.25) is 9.58 Å². The maximum Gasteiger partial charge on any atom is 0.0641 e. The van der Waals surface area contributed by atoms with Crippen LogP contribution in [0.15, 0.2) is 0 Å². The Morgan fingerprint density at radius 2 is 2.00 bits per heavy atom. The third kappa shape index (κ3) is 3.57. The van der Waals surface area contributed by atoms with Crippen molar-refractivity contribution >= 4 is 0 Å². The Hall–Kier alpha value is -0.870. The van der Waals surface area contributed by atoms with Gasteiger partial charge in [0.1, 0.15) is 0 Å². The van der Waals surface area contributed by atoms with Gasteiger partial charge in [0.2, 0.25) is 0 Å². The summed E-state index contributed by atoms with van der Waals surface area (Å²) in [6.45, 7) is 12.3. The van der Waals surface area contributed by atoms with Crippen LogP contribution in [0.2, 0.25) is 0 Å². The van der Waals surface area contributed by atoms with Crippen LogP contribution >= 0.6 is 0 Å². The van der Waals surface area contributed by atoms with Gasteiger partial charge in [0, 0.05) is 31.4 Å². The highest BCUT2D eigenvalue weighted by molar-refractivity contribution is 5.24. The lowest BCUT2D eigenvalue weighted by atomic mass is 9.97. The normalized spacial score (nSPS) is 17.3. The molecule has 0 saturated carbocycles. The number of aromatic nitrogens is 2. The number of hydrogen-bond donors (Lipinski definition) is 1. The molecule has 19 heavy (non-hydrogen) atoms. The summed E-state index contributed by atoms with van der Waals surface area (Å²) in [4.78, 5) is 2.58. The summed E-state index contributed by atoms with van der Waals surface area (Å²) in [5.41, 5.74) is 3.91. The maximum atomic E-state index is 4.52. The van der Waals surface area contributed by atoms with E-state index in [1.165, 1.54) is 49.4 Å². The third-order valence-corrected chi connectivity index (χ3v) is 4.46. The molecular formula is C15H28N4. The first-order chi connectivity index (χ1) is 9.11. The maximum absolute atomic E-state index is 4.52. The lowest BCUT2D eigenvalue weighted by Gasteiger charge is -2.29. The molecule has 0 aromatic carbocycles. The highest BCUT2D eigenvalue weighted by atomic mass is 15.3. The molecule has 1 aliphatic rings. The number of piperidine rings is 1. The predicted molar refractivity (Wildman–Crippen MR) is 79.2 cm³/mol. The zero-order valence-electron chi connectivity index (χ0n) is 12.9. The van der Waals surface area contributed by atoms with E-state index in [0.29, 0.717) is 0 Å². The minimum atomic E-state index is 0.860. The Morgan fingerprint density at radius 1 is 1.32 bits per heavy atom. The summed E-state index contributed by atoms with van der Waals surface area (Å²) in [6, 6.07) is 0. The van der Waals surface area contributed by atoms with Crippen LogP contribution in [-0.4, -0.2) is 40.9 Å². The largest absolute Gasteiger partial charge is 0.317 e. The van der Waals surface area contributed by atoms with Gasteiger partial charge in [-0.1, -0.05) is 6.92 Å². The van der Waals surface area contributed by atoms with Crippen molar-refractivity contribution < 1.29 is 0 Å². The molecule has 1 aromatic rings. The van der Waals surface area contributed by atoms with Gasteiger partial charge in [-0.25, -0.2) is 0 Å². The molecule has 4 nitrogen and oxygen atoms in total. The molecule has 0 radical (unpaired) electrons. The molecule has 108 valence electrons. The first-order valence-corrected chi connectivity index (χ1v) is 7.54. The van der Waals surface area contributed by atoms with Gasteiger partial charge >= 0.3 is 0 Å². The van der Waals surface area contributed by atoms with Gasteiger partial charge in [0.15, 0.2) is 0 Å². The molecule has 2 heterocycles. The minimum absolute atomic E-state index is 0.860. The molecule has 1 aliphatic heterocycles. The zero-order chi connectivity index (χ0) is 13.8. The summed E-state index contributed by atoms with van der Waals surface area (Å²) >= 11 is 0. The molecule has 1 N–H and O–H groups in total. The topological polar surface area (TPSA) is 33.1 Å². The van der Waals surface area contributed by atoms with Crippen LogP contribution in [0.3, 0.4) is 0 Å². The predicted octanol–water partition coefficient (Wildman–Crippen LogP) is 1.86. The number of hydrogen-bond acceptors (Lipinski definition) is 3. The van der Waals surface area contributed by atoms with E-state index in [1.807, 2.05) is 11.7 Å². The van der Waals surface area contributed by atoms with Crippen LogP contribution in [0.5, 0.6) is 0 Å². The highest BCUT2D eigenvalue weighted by Gasteiger charge is 2.18. The lowest BCUT2D eigenvalue weighted by molar-refractivity contribution is 0.206. The molecule has 1 fully saturated rings. The number of nitrogens with zero attached hydrogens (tertiary/aromatic N) is 3. The second kappa shape index (κ2) is 6.53. The molecule has 1 aromatic heterocycles. The van der Waals surface area contributed by atoms with E-state index in [4.69, 9.17) is 0 Å². The van der Waals surface area contributed by atoms with Crippen molar-refractivity contribution in [3.63, 3.8) is 0 Å². The molecule has 0 atom stereocenters. The fourth-order valence-electron chi connectivity index (χ4n) is 3.00. The Balaban J connectivity index is 1.98. The minimum Gasteiger partial charge on any atom is -0.317 e. The zero-order valence-corrected chi connectivity index (χ0v) is 12.9. The van der Waals surface area contributed by atoms with Crippen LogP contribution in [0.1, 0.15) is 36.7 Å². The van der Waals surface area contributed by atoms with Crippen LogP contribution < -0.4 is 5.32 Å². The Kier molecular flexibility index (Phi) is 4.99. The van der Waals surface area contributed by atoms with Crippen LogP contribution in [-0.2, 0) is 13.6 Å². The molecule has 1 saturated heterocycles. The van der Waals surface area contributed by atoms with E-state index in [9.17, 15) is 0 Å². The smallest absolute Gasteiger partial charge is 0.0641 e. The van der Waals surface area contributed by atoms with Gasteiger partial charge in [-0.05, 0) is 52.2 Å². The van der Waals surface area contributed by atoms with Gasteiger partial charge in [-0.2, -0.15) is 5.10 Å². The fourth-order valence-corrected chi connectivity index (χ4v) is 3.00. The van der Waals surface area contributed by atoms with Crippen molar-refractivity contribution in [1.82, 2.24) is 20.0 Å². The Labute approximate surface area is 117 Å². The molecule has 0 bridgehead atoms. The molecule has 0 unspecified atom stereocenters. The summed E-state index contributed by atoms with van der Waals surface area (Å²) < 4.78 is 2.00. The Bertz CT molecular complexity index is 405. The van der Waals surface area contributed by atoms with E-state index >= 15 is 0 Å². The second-order valence-corrected chi connectivity index (χ2v) is 5.79. The van der Waals surface area contributed by atoms with E-state index < -0.39 is 0 Å². The first kappa shape index (κ1) is 14.5. The number of rotatable bonds is 5. The van der Waals surface area contributed by atoms with Gasteiger partial charge in [0.05, 0.1) is 5.69 Å². The van der Waals surface area contributed by atoms with Crippen molar-refractivity contribution in [2.45, 2.75) is 40.2 Å². The van der Waals surface area contributed by atoms with Gasteiger partial charge in [0.25, 0.3) is 0 Å². The van der Waals surface area contributed by atoms with Crippen LogP contribution in [0.25, 0.3) is 0 Å². The van der Waals surface area contributed by atoms with Crippen LogP contribution in [0.4, 0.5) is 0 Å². The summed E-state index contributed by atoms with van der Waals surface area (Å²) in [6.07, 6.45) is 2.64. The van der Waals surface area contributed by atoms with Crippen molar-refractivity contribution in [3.05, 3.63) is 17.0 Å². The standard InChI is InChI=1S/C15H28N4/c1-5-19(10-14-6-8-16-9-7-14)11-15-12(2)17-18(4)13(15)3/h14,16H,5-11H2,1-4H3. The summed E-state index contributed by atoms with van der Waals surface area (Å²) in [5.74, 6) is 0.860. The third-order valence-electron chi connectivity index (χ3n) is 4.46. The first-order valence-electron chi connectivity index (χ1n) is 7.54. The quantitative estimate of drug-likeness (QED) is 0.881. The molecule has 0 amide bonds. The molecule has 4 heteroatoms. The summed E-state index contributed by atoms with van der Waals surface area (Å²) in [5, 5.41) is 7.97. The Morgan fingerprint density at radius 3 is 2.53 bits per heavy atom. The monoisotopic (exact) mass is 264 g/mol. The summed E-state index contributed by atoms with van der Waals surface area (Å²) in [7, 11) is 2.04. The number of aryl methyl sites for hydroxylation is 2. The van der Waals surface area contributed by atoms with Crippen LogP contribution in [0, 0.1) is 19.8 Å². The highest BCUT2D eigenvalue weighted by Crippen LogP contribution is 2.18. The van der Waals surface area contributed by atoms with E-state index in [-0.39, 0.29) is 0 Å². The van der Waals surface area contributed by atoms with Crippen molar-refractivity contribution in [1.29, 1.82) is 0 Å². The lowest BCUT2D eigenvalue weighted by Crippen LogP contribution is -2.36. The molecule has 2 rings (SSSR count). The second-order valence-electron chi connectivity index (χ2n) is 5.79. The number of nitrogens with one attached hydrogen (secondary N) is 1. The average Bonchev–Trinajstić information content (AvgIpc) is 2.65. The van der Waals surface area contributed by atoms with E-state index in [1.54, 1.807) is 0 Å². The van der Waals surface area contributed by atoms with E-state index in [0.717, 1.165) is 19.0 Å². The SMILES string of the molecule is CCN(Cc1c(C)nn(C)c1C)CC1CCNCC1. The molecular weight excluding hydrogens is 236 g/mol. The van der Waals surface area contributed by atoms with Crippen molar-refractivity contribution in [2.24, 2.45) is 13.0 Å². The van der Waals surface area contributed by atoms with Gasteiger partial charge in [-0.15, -0.1) is 0 Å². The molecule has 0 spiro atoms.